The van der Waals surface area contributed by atoms with E-state index < -0.39 is 29.7 Å². The van der Waals surface area contributed by atoms with Crippen molar-refractivity contribution in [1.82, 2.24) is 45.3 Å². The van der Waals surface area contributed by atoms with Gasteiger partial charge in [-0.25, -0.2) is 26.7 Å². The van der Waals surface area contributed by atoms with Crippen LogP contribution in [0, 0.1) is 52.8 Å². The van der Waals surface area contributed by atoms with Gasteiger partial charge in [-0.3, -0.25) is 39.2 Å². The number of amides is 3. The first-order valence-corrected chi connectivity index (χ1v) is 46.5. The van der Waals surface area contributed by atoms with Gasteiger partial charge in [-0.15, -0.1) is 0 Å². The predicted octanol–water partition coefficient (Wildman–Crippen LogP) is 23.9. The molecule has 7 fully saturated rings. The first-order chi connectivity index (χ1) is 63.8. The van der Waals surface area contributed by atoms with E-state index in [2.05, 4.69) is 54.5 Å². The molecule has 6 N–H and O–H groups in total. The number of hydrogen-bond acceptors (Lipinski definition) is 18. The van der Waals surface area contributed by atoms with E-state index in [1.165, 1.54) is 123 Å². The first-order valence-electron chi connectivity index (χ1n) is 46.5. The van der Waals surface area contributed by atoms with Crippen LogP contribution in [-0.4, -0.2) is 120 Å². The van der Waals surface area contributed by atoms with Gasteiger partial charge in [-0.05, 0) is 312 Å². The topological polar surface area (TPSA) is 275 Å². The number of aromatic nitrogens is 4. The first kappa shape index (κ1) is 99.0. The Kier molecular flexibility index (Phi) is 37.1. The summed E-state index contributed by atoms with van der Waals surface area (Å²) in [6.45, 7) is 12.9. The van der Waals surface area contributed by atoms with Gasteiger partial charge in [0, 0.05) is 74.2 Å². The summed E-state index contributed by atoms with van der Waals surface area (Å²) in [5, 5.41) is 23.6. The molecule has 4 aromatic heterocycles. The van der Waals surface area contributed by atoms with E-state index in [-0.39, 0.29) is 82.7 Å². The van der Waals surface area contributed by atoms with Gasteiger partial charge in [0.25, 0.3) is 0 Å². The van der Waals surface area contributed by atoms with Gasteiger partial charge < -0.3 is 64.8 Å². The Labute approximate surface area is 771 Å². The number of hydrogen-bond donors (Lipinski definition) is 5. The van der Waals surface area contributed by atoms with Gasteiger partial charge in [0.1, 0.15) is 98.2 Å². The highest BCUT2D eigenvalue weighted by molar-refractivity contribution is 5.87. The number of carboxylic acid groups (broad SMARTS) is 1. The number of alkyl carbamates (subject to hydrolysis) is 1. The summed E-state index contributed by atoms with van der Waals surface area (Å²) < 4.78 is 98.3. The lowest BCUT2D eigenvalue weighted by Gasteiger charge is -2.35. The average molecular weight is 1810 g/mol. The number of nitrogens with zero attached hydrogens (tertiary/aromatic N) is 7. The largest absolute Gasteiger partial charge is 0.508 e. The molecule has 0 radical (unpaired) electrons. The van der Waals surface area contributed by atoms with Gasteiger partial charge in [0.15, 0.2) is 0 Å². The minimum Gasteiger partial charge on any atom is -0.508 e. The SMILES string of the molecule is CC(C)(C)OC(=O)N[C@H](C(=O)N1CCC[C@H]1c1cc(Oc2ccc(F)cc2)ccn1)C1CCCCC1.COc1ccc([C@@H](C)N2CCC[C@H]2c2cc(Oc3ccc(F)cc3)ccn2)cc1.C[C@H](C(=O)O)C1CCCCC1.Fc1ccc(Oc2ccnc([C@@H]3CCCN3)c2)cc1.N[C@H](C(=O)N1CCC[C@H]1c1cc(Oc2ccc(F)cc2)ccn1)C1CCCCC1.Oc1ccc(F)cc1. The van der Waals surface area contributed by atoms with Crippen LogP contribution >= 0.6 is 0 Å². The maximum Gasteiger partial charge on any atom is 0.408 e. The minimum absolute atomic E-state index is 0.0473. The Bertz CT molecular complexity index is 5220. The molecule has 8 atom stereocenters. The molecule has 0 spiro atoms. The van der Waals surface area contributed by atoms with E-state index in [1.807, 2.05) is 86.0 Å². The summed E-state index contributed by atoms with van der Waals surface area (Å²) in [6.07, 6.45) is 31.0. The fourth-order valence-electron chi connectivity index (χ4n) is 18.1. The van der Waals surface area contributed by atoms with E-state index in [0.717, 1.165) is 150 Å². The second-order valence-corrected chi connectivity index (χ2v) is 35.7. The number of aliphatic carboxylic acids is 1. The number of phenols is 1. The Morgan fingerprint density at radius 1 is 0.424 bits per heavy atom. The van der Waals surface area contributed by atoms with Crippen molar-refractivity contribution in [3.05, 3.63) is 276 Å². The number of nitrogens with one attached hydrogen (secondary N) is 2. The molecule has 7 aliphatic rings. The van der Waals surface area contributed by atoms with Crippen LogP contribution in [0.25, 0.3) is 0 Å². The Balaban J connectivity index is 0.000000151. The normalized spacial score (nSPS) is 19.0. The third-order valence-electron chi connectivity index (χ3n) is 25.2. The van der Waals surface area contributed by atoms with Gasteiger partial charge in [0.2, 0.25) is 11.8 Å². The zero-order valence-corrected chi connectivity index (χ0v) is 76.3. The van der Waals surface area contributed by atoms with Crippen molar-refractivity contribution >= 4 is 23.9 Å². The highest BCUT2D eigenvalue weighted by atomic mass is 19.1. The molecule has 0 bridgehead atoms. The summed E-state index contributed by atoms with van der Waals surface area (Å²) in [6, 6.07) is 51.3. The molecule has 6 aromatic carbocycles. The fourth-order valence-corrected chi connectivity index (χ4v) is 18.1. The van der Waals surface area contributed by atoms with Gasteiger partial charge >= 0.3 is 12.1 Å². The van der Waals surface area contributed by atoms with Crippen LogP contribution in [0.5, 0.6) is 57.5 Å². The van der Waals surface area contributed by atoms with Crippen LogP contribution in [0.3, 0.4) is 0 Å². The lowest BCUT2D eigenvalue weighted by atomic mass is 9.81. The molecule has 8 heterocycles. The minimum atomic E-state index is -0.644. The predicted molar refractivity (Wildman–Crippen MR) is 496 cm³/mol. The molecule has 17 rings (SSSR count). The fraction of sp³-hybridized carbons (Fsp3) is 0.429. The number of nitrogens with two attached hydrogens (primary N) is 1. The number of methoxy groups -OCH3 is 1. The highest BCUT2D eigenvalue weighted by Crippen LogP contribution is 2.43. The molecule has 3 amide bonds. The third-order valence-corrected chi connectivity index (χ3v) is 25.2. The molecule has 132 heavy (non-hydrogen) atoms. The van der Waals surface area contributed by atoms with E-state index >= 15 is 0 Å². The average Bonchev–Trinajstić information content (AvgIpc) is 1.59. The zero-order valence-electron chi connectivity index (χ0n) is 76.3. The van der Waals surface area contributed by atoms with Crippen LogP contribution in [0.1, 0.15) is 241 Å². The quantitative estimate of drug-likeness (QED) is 0.0394. The molecule has 702 valence electrons. The van der Waals surface area contributed by atoms with Crippen molar-refractivity contribution in [2.24, 2.45) is 29.4 Å². The highest BCUT2D eigenvalue weighted by Gasteiger charge is 2.42. The number of carboxylic acids is 1. The molecule has 3 aliphatic carbocycles. The maximum absolute atomic E-state index is 13.9. The van der Waals surface area contributed by atoms with Crippen LogP contribution in [0.4, 0.5) is 26.7 Å². The van der Waals surface area contributed by atoms with Gasteiger partial charge in [0.05, 0.1) is 60.0 Å². The number of phenolic OH excluding ortho intramolecular Hbond substituents is 1. The number of likely N-dealkylation sites (tertiary alicyclic amines) is 3. The molecule has 22 nitrogen and oxygen atoms in total. The summed E-state index contributed by atoms with van der Waals surface area (Å²) in [5.41, 5.74) is 10.6. The second-order valence-electron chi connectivity index (χ2n) is 35.7. The Morgan fingerprint density at radius 2 is 0.788 bits per heavy atom. The number of aromatic hydroxyl groups is 1. The molecule has 4 aliphatic heterocycles. The molecule has 10 aromatic rings. The lowest BCUT2D eigenvalue weighted by Crippen LogP contribution is -2.53. The van der Waals surface area contributed by atoms with Crippen LogP contribution in [-0.2, 0) is 19.1 Å². The number of pyridine rings is 4. The van der Waals surface area contributed by atoms with Crippen LogP contribution in [0.2, 0.25) is 0 Å². The molecule has 0 unspecified atom stereocenters. The van der Waals surface area contributed by atoms with Crippen molar-refractivity contribution < 1.29 is 79.8 Å². The van der Waals surface area contributed by atoms with E-state index in [9.17, 15) is 41.1 Å². The summed E-state index contributed by atoms with van der Waals surface area (Å²) in [5.74, 6) is 4.43. The number of carbonyl (C=O) groups is 4. The molecule has 27 heteroatoms. The third kappa shape index (κ3) is 30.0. The molecule has 4 saturated heterocycles. The number of ether oxygens (including phenoxy) is 6. The molecule has 3 saturated carbocycles. The lowest BCUT2D eigenvalue weighted by molar-refractivity contribution is -0.143. The van der Waals surface area contributed by atoms with Crippen LogP contribution in [0.15, 0.2) is 219 Å². The standard InChI is InChI=1S/C28H36FN3O4.C24H25FN2O2.C23H28FN3O2.C15H15FN2O.C9H16O2.C6H5FO/c1-28(2,3)36-27(34)31-25(19-8-5-4-6-9-19)26(33)32-17-7-10-24(32)23-18-22(15-16-30-23)35-21-13-11-20(29)12-14-21;1-17(18-5-9-20(28-2)10-6-18)27-15-3-4-24(27)23-16-22(13-14-26-23)29-21-11-7-19(25)8-12-21;24-17-8-10-18(11-9-17)29-19-12-13-26-20(15-19)21-7-4-14-27(21)23(28)22(25)16-5-2-1-3-6-16;16-11-3-5-12(6-4-11)19-13-7-9-18-15(10-13)14-2-1-8-17-14;1-7(9(10)11)8-5-3-2-4-6-8;7-5-1-3-6(8)4-2-5/h11-16,18-19,24-25H,4-10,17H2,1-3H3,(H,31,34);5-14,16-17,24H,3-4,15H2,1-2H3;8-13,15-16,21-22H,1-7,14,25H2;3-7,9-10,14,17H,1-2,8H2;7-8H,2-6H2,1H3,(H,10,11);1-4,8H/t24-,25-;17-,24+;21-,22-;14-;7-;/m01000./s1. The Morgan fingerprint density at radius 3 is 1.18 bits per heavy atom. The Hall–Kier alpha value is -12.1. The smallest absolute Gasteiger partial charge is 0.408 e. The van der Waals surface area contributed by atoms with Crippen molar-refractivity contribution in [2.45, 2.75) is 230 Å². The van der Waals surface area contributed by atoms with Crippen molar-refractivity contribution in [3.8, 4) is 57.5 Å². The van der Waals surface area contributed by atoms with E-state index in [0.29, 0.717) is 71.2 Å². The second kappa shape index (κ2) is 49.4. The number of carbonyl (C=O) groups excluding carboxylic acids is 3. The van der Waals surface area contributed by atoms with Crippen molar-refractivity contribution in [2.75, 3.05) is 33.3 Å². The van der Waals surface area contributed by atoms with E-state index in [4.69, 9.17) is 44.4 Å². The van der Waals surface area contributed by atoms with Crippen molar-refractivity contribution in [3.63, 3.8) is 0 Å². The van der Waals surface area contributed by atoms with E-state index in [1.54, 1.807) is 92.6 Å². The van der Waals surface area contributed by atoms with Crippen LogP contribution < -0.4 is 40.1 Å². The monoisotopic (exact) mass is 1810 g/mol. The number of rotatable bonds is 22. The maximum atomic E-state index is 13.9. The summed E-state index contributed by atoms with van der Waals surface area (Å²) >= 11 is 0. The number of benzene rings is 6. The summed E-state index contributed by atoms with van der Waals surface area (Å²) in [4.78, 5) is 74.6. The van der Waals surface area contributed by atoms with Crippen molar-refractivity contribution in [1.29, 1.82) is 0 Å². The molecular formula is C105H125F5N10O12. The van der Waals surface area contributed by atoms with Gasteiger partial charge in [-0.1, -0.05) is 76.8 Å². The van der Waals surface area contributed by atoms with Gasteiger partial charge in [-0.2, -0.15) is 0 Å². The molecular weight excluding hydrogens is 1690 g/mol. The zero-order chi connectivity index (χ0) is 93.5. The number of halogens is 5. The summed E-state index contributed by atoms with van der Waals surface area (Å²) in [7, 11) is 1.68.